The van der Waals surface area contributed by atoms with Gasteiger partial charge >= 0.3 is 0 Å². The van der Waals surface area contributed by atoms with E-state index in [2.05, 4.69) is 17.1 Å². The summed E-state index contributed by atoms with van der Waals surface area (Å²) in [5.74, 6) is 3.61. The second kappa shape index (κ2) is 8.57. The summed E-state index contributed by atoms with van der Waals surface area (Å²) in [5, 5.41) is 13.2. The van der Waals surface area contributed by atoms with Gasteiger partial charge in [0, 0.05) is 31.7 Å². The maximum Gasteiger partial charge on any atom is 0.252 e. The number of fused-ring (bicyclic) bond motifs is 1. The molecule has 4 aliphatic rings. The Morgan fingerprint density at radius 3 is 2.81 bits per heavy atom. The first-order valence-corrected chi connectivity index (χ1v) is 12.8. The van der Waals surface area contributed by atoms with Crippen LogP contribution in [0.4, 0.5) is 0 Å². The Morgan fingerprint density at radius 1 is 1.25 bits per heavy atom. The van der Waals surface area contributed by atoms with Crippen molar-refractivity contribution in [1.82, 2.24) is 10.2 Å². The van der Waals surface area contributed by atoms with E-state index < -0.39 is 0 Å². The van der Waals surface area contributed by atoms with Crippen molar-refractivity contribution in [1.29, 1.82) is 0 Å². The average Bonchev–Trinajstić information content (AvgIpc) is 3.38. The van der Waals surface area contributed by atoms with Crippen molar-refractivity contribution in [3.05, 3.63) is 34.3 Å². The van der Waals surface area contributed by atoms with Crippen LogP contribution in [0.2, 0.25) is 5.02 Å². The predicted molar refractivity (Wildman–Crippen MR) is 127 cm³/mol. The number of nitrogens with two attached hydrogens (primary N) is 1. The molecule has 4 saturated carbocycles. The molecule has 0 spiro atoms. The van der Waals surface area contributed by atoms with Gasteiger partial charge in [0.05, 0.1) is 17.2 Å². The van der Waals surface area contributed by atoms with Gasteiger partial charge in [-0.25, -0.2) is 0 Å². The summed E-state index contributed by atoms with van der Waals surface area (Å²) < 4.78 is 0. The van der Waals surface area contributed by atoms with Crippen LogP contribution in [-0.4, -0.2) is 47.7 Å². The lowest BCUT2D eigenvalue weighted by Gasteiger charge is -2.46. The molecule has 4 aliphatic carbocycles. The Kier molecular flexibility index (Phi) is 6.07. The summed E-state index contributed by atoms with van der Waals surface area (Å²) in [6.07, 6.45) is 8.79. The van der Waals surface area contributed by atoms with Crippen molar-refractivity contribution in [2.45, 2.75) is 64.0 Å². The lowest BCUT2D eigenvalue weighted by atomic mass is 9.60. The van der Waals surface area contributed by atoms with E-state index in [1.807, 2.05) is 18.2 Å². The van der Waals surface area contributed by atoms with E-state index in [4.69, 9.17) is 17.3 Å². The fourth-order valence-electron chi connectivity index (χ4n) is 7.06. The number of carbonyl (C=O) groups is 1. The molecule has 6 heteroatoms. The predicted octanol–water partition coefficient (Wildman–Crippen LogP) is 3.82. The van der Waals surface area contributed by atoms with Gasteiger partial charge in [0.25, 0.3) is 5.91 Å². The molecule has 0 saturated heterocycles. The zero-order valence-electron chi connectivity index (χ0n) is 19.3. The molecular formula is C26H38ClN3O2. The fourth-order valence-corrected chi connectivity index (χ4v) is 7.27. The molecule has 0 heterocycles. The molecule has 4 fully saturated rings. The smallest absolute Gasteiger partial charge is 0.252 e. The van der Waals surface area contributed by atoms with Crippen molar-refractivity contribution in [3.8, 4) is 0 Å². The monoisotopic (exact) mass is 459 g/mol. The van der Waals surface area contributed by atoms with Crippen LogP contribution in [0.3, 0.4) is 0 Å². The van der Waals surface area contributed by atoms with Crippen LogP contribution in [-0.2, 0) is 6.54 Å². The summed E-state index contributed by atoms with van der Waals surface area (Å²) in [6, 6.07) is 5.70. The van der Waals surface area contributed by atoms with Gasteiger partial charge in [-0.15, -0.1) is 0 Å². The molecule has 5 rings (SSSR count). The second-order valence-electron chi connectivity index (χ2n) is 11.8. The van der Waals surface area contributed by atoms with Crippen molar-refractivity contribution in [3.63, 3.8) is 0 Å². The van der Waals surface area contributed by atoms with Crippen molar-refractivity contribution in [2.75, 3.05) is 26.2 Å². The molecule has 0 aliphatic heterocycles. The van der Waals surface area contributed by atoms with E-state index in [9.17, 15) is 9.90 Å². The molecule has 4 N–H and O–H groups in total. The molecule has 1 amide bonds. The number of hydrogen-bond acceptors (Lipinski definition) is 4. The number of halogens is 1. The standard InChI is InChI=1S/C26H38ClN3O2/c1-25(12-18-8-19-11-20(13-25)21(19)10-18)15-29-24(32)22-9-17(2-3-23(22)27)14-30(6-7-31)16-26(28)4-5-26/h2-3,9,18-21,31H,4-8,10-16,28H2,1H3,(H,29,32). The number of nitrogens with zero attached hydrogens (tertiary/aromatic N) is 1. The number of hydrogen-bond donors (Lipinski definition) is 3. The lowest BCUT2D eigenvalue weighted by Crippen LogP contribution is -2.42. The minimum atomic E-state index is -0.115. The molecule has 0 radical (unpaired) electrons. The fraction of sp³-hybridized carbons (Fsp3) is 0.731. The highest BCUT2D eigenvalue weighted by Gasteiger charge is 2.53. The zero-order chi connectivity index (χ0) is 22.5. The largest absolute Gasteiger partial charge is 0.395 e. The maximum absolute atomic E-state index is 13.1. The van der Waals surface area contributed by atoms with Gasteiger partial charge < -0.3 is 16.2 Å². The molecule has 0 aromatic heterocycles. The molecule has 5 nitrogen and oxygen atoms in total. The number of carbonyl (C=O) groups excluding carboxylic acids is 1. The molecule has 5 unspecified atom stereocenters. The zero-order valence-corrected chi connectivity index (χ0v) is 20.0. The quantitative estimate of drug-likeness (QED) is 0.524. The first-order chi connectivity index (χ1) is 15.3. The van der Waals surface area contributed by atoms with Crippen molar-refractivity contribution >= 4 is 17.5 Å². The Labute approximate surface area is 197 Å². The van der Waals surface area contributed by atoms with E-state index in [-0.39, 0.29) is 23.5 Å². The van der Waals surface area contributed by atoms with Gasteiger partial charge in [-0.2, -0.15) is 0 Å². The second-order valence-corrected chi connectivity index (χ2v) is 12.2. The summed E-state index contributed by atoms with van der Waals surface area (Å²) in [5.41, 5.74) is 7.94. The number of amides is 1. The van der Waals surface area contributed by atoms with E-state index in [1.54, 1.807) is 0 Å². The first-order valence-electron chi connectivity index (χ1n) is 12.4. The summed E-state index contributed by atoms with van der Waals surface area (Å²) >= 11 is 6.43. The van der Waals surface area contributed by atoms with Crippen LogP contribution in [0, 0.1) is 29.1 Å². The van der Waals surface area contributed by atoms with Gasteiger partial charge in [0.2, 0.25) is 0 Å². The van der Waals surface area contributed by atoms with Crippen molar-refractivity contribution < 1.29 is 9.90 Å². The topological polar surface area (TPSA) is 78.6 Å². The number of aliphatic hydroxyl groups excluding tert-OH is 1. The van der Waals surface area contributed by atoms with Crippen LogP contribution >= 0.6 is 11.6 Å². The van der Waals surface area contributed by atoms with Gasteiger partial charge in [0.1, 0.15) is 0 Å². The van der Waals surface area contributed by atoms with Crippen LogP contribution in [0.1, 0.15) is 67.8 Å². The minimum absolute atomic E-state index is 0.0786. The highest BCUT2D eigenvalue weighted by molar-refractivity contribution is 6.33. The normalized spacial score (nSPS) is 34.2. The van der Waals surface area contributed by atoms with E-state index in [1.165, 1.54) is 32.1 Å². The summed E-state index contributed by atoms with van der Waals surface area (Å²) in [6.45, 7) is 5.18. The summed E-state index contributed by atoms with van der Waals surface area (Å²) in [7, 11) is 0. The van der Waals surface area contributed by atoms with E-state index in [0.29, 0.717) is 23.7 Å². The Morgan fingerprint density at radius 2 is 2.06 bits per heavy atom. The highest BCUT2D eigenvalue weighted by Crippen LogP contribution is 2.61. The number of rotatable bonds is 9. The van der Waals surface area contributed by atoms with E-state index >= 15 is 0 Å². The number of nitrogens with one attached hydrogen (secondary N) is 1. The van der Waals surface area contributed by atoms with Crippen LogP contribution in [0.25, 0.3) is 0 Å². The number of aliphatic hydroxyl groups is 1. The van der Waals surface area contributed by atoms with E-state index in [0.717, 1.165) is 55.2 Å². The van der Waals surface area contributed by atoms with Gasteiger partial charge in [0.15, 0.2) is 0 Å². The van der Waals surface area contributed by atoms with Crippen molar-refractivity contribution in [2.24, 2.45) is 34.8 Å². The van der Waals surface area contributed by atoms with Crippen LogP contribution < -0.4 is 11.1 Å². The van der Waals surface area contributed by atoms with Gasteiger partial charge in [-0.1, -0.05) is 24.6 Å². The summed E-state index contributed by atoms with van der Waals surface area (Å²) in [4.78, 5) is 15.3. The molecule has 1 aromatic rings. The molecule has 176 valence electrons. The number of benzene rings is 1. The Balaban J connectivity index is 1.22. The third kappa shape index (κ3) is 4.72. The molecule has 1 aromatic carbocycles. The first kappa shape index (κ1) is 22.6. The Hall–Kier alpha value is -1.14. The molecular weight excluding hydrogens is 422 g/mol. The van der Waals surface area contributed by atoms with Gasteiger partial charge in [-0.05, 0) is 91.7 Å². The molecule has 2 bridgehead atoms. The highest BCUT2D eigenvalue weighted by atomic mass is 35.5. The third-order valence-electron chi connectivity index (χ3n) is 8.80. The maximum atomic E-state index is 13.1. The van der Waals surface area contributed by atoms with Gasteiger partial charge in [-0.3, -0.25) is 9.69 Å². The third-order valence-corrected chi connectivity index (χ3v) is 9.13. The Bertz CT molecular complexity index is 867. The molecule has 5 atom stereocenters. The van der Waals surface area contributed by atoms with Crippen LogP contribution in [0.15, 0.2) is 18.2 Å². The van der Waals surface area contributed by atoms with Crippen LogP contribution in [0.5, 0.6) is 0 Å². The SMILES string of the molecule is CC1(CNC(=O)c2cc(CN(CCO)CC3(N)CC3)ccc2Cl)CC2CC3CC(C1)C3C2. The minimum Gasteiger partial charge on any atom is -0.395 e. The lowest BCUT2D eigenvalue weighted by molar-refractivity contribution is 0.0458. The average molecular weight is 460 g/mol. The molecule has 32 heavy (non-hydrogen) atoms.